The first-order chi connectivity index (χ1) is 14.4. The van der Waals surface area contributed by atoms with Gasteiger partial charge in [0, 0.05) is 0 Å². The first-order valence-electron chi connectivity index (χ1n) is 9.86. The zero-order chi connectivity index (χ0) is 21.4. The minimum atomic E-state index is -0.605. The number of hydrogen-bond acceptors (Lipinski definition) is 5. The van der Waals surface area contributed by atoms with Crippen LogP contribution >= 0.6 is 0 Å². The maximum Gasteiger partial charge on any atom is 0.408 e. The second-order valence-corrected chi connectivity index (χ2v) is 7.91. The van der Waals surface area contributed by atoms with E-state index in [0.29, 0.717) is 19.0 Å². The van der Waals surface area contributed by atoms with Gasteiger partial charge in [-0.1, -0.05) is 65.5 Å². The van der Waals surface area contributed by atoms with Crippen molar-refractivity contribution in [2.75, 3.05) is 6.61 Å². The summed E-state index contributed by atoms with van der Waals surface area (Å²) in [6, 6.07) is 19.2. The zero-order valence-electron chi connectivity index (χ0n) is 17.5. The SMILES string of the molecule is CC(C)(C)OC(=O)N[C@H](COCc1ccccc1)c1n[nH][n+](Cc2ccccc2)n1. The monoisotopic (exact) mass is 410 g/mol. The van der Waals surface area contributed by atoms with Gasteiger partial charge in [0.2, 0.25) is 0 Å². The number of benzene rings is 2. The number of alkyl carbamates (subject to hydrolysis) is 1. The molecular formula is C22H28N5O3+. The van der Waals surface area contributed by atoms with Crippen LogP contribution in [0.4, 0.5) is 4.79 Å². The topological polar surface area (TPSA) is 93.0 Å². The zero-order valence-corrected chi connectivity index (χ0v) is 17.5. The summed E-state index contributed by atoms with van der Waals surface area (Å²) in [6.45, 7) is 6.60. The Kier molecular flexibility index (Phi) is 7.13. The van der Waals surface area contributed by atoms with Crippen LogP contribution in [-0.2, 0) is 22.6 Å². The van der Waals surface area contributed by atoms with E-state index in [9.17, 15) is 4.79 Å². The van der Waals surface area contributed by atoms with Gasteiger partial charge in [-0.05, 0) is 42.2 Å². The van der Waals surface area contributed by atoms with Crippen molar-refractivity contribution in [2.45, 2.75) is 45.6 Å². The molecule has 1 amide bonds. The van der Waals surface area contributed by atoms with Crippen molar-refractivity contribution >= 4 is 6.09 Å². The van der Waals surface area contributed by atoms with Gasteiger partial charge in [-0.15, -0.1) is 0 Å². The molecule has 0 aliphatic rings. The van der Waals surface area contributed by atoms with Gasteiger partial charge in [-0.2, -0.15) is 0 Å². The van der Waals surface area contributed by atoms with Gasteiger partial charge >= 0.3 is 11.9 Å². The van der Waals surface area contributed by atoms with E-state index in [-0.39, 0.29) is 6.61 Å². The fourth-order valence-electron chi connectivity index (χ4n) is 2.75. The van der Waals surface area contributed by atoms with Crippen LogP contribution in [-0.4, -0.2) is 33.7 Å². The smallest absolute Gasteiger partial charge is 0.408 e. The Morgan fingerprint density at radius 2 is 1.70 bits per heavy atom. The van der Waals surface area contributed by atoms with E-state index < -0.39 is 17.7 Å². The van der Waals surface area contributed by atoms with Crippen molar-refractivity contribution in [1.29, 1.82) is 0 Å². The average Bonchev–Trinajstić information content (AvgIpc) is 3.16. The molecule has 0 aliphatic carbocycles. The number of nitrogens with zero attached hydrogens (tertiary/aromatic N) is 3. The first kappa shape index (κ1) is 21.4. The highest BCUT2D eigenvalue weighted by atomic mass is 16.6. The molecule has 2 N–H and O–H groups in total. The molecule has 0 radical (unpaired) electrons. The lowest BCUT2D eigenvalue weighted by atomic mass is 10.2. The fraction of sp³-hybridized carbons (Fsp3) is 0.364. The fourth-order valence-corrected chi connectivity index (χ4v) is 2.75. The van der Waals surface area contributed by atoms with E-state index in [0.717, 1.165) is 11.1 Å². The molecule has 0 bridgehead atoms. The molecule has 1 heterocycles. The summed E-state index contributed by atoms with van der Waals surface area (Å²) in [5.74, 6) is 0.421. The molecule has 3 aromatic rings. The second kappa shape index (κ2) is 9.98. The third-order valence-corrected chi connectivity index (χ3v) is 4.08. The molecule has 3 rings (SSSR count). The average molecular weight is 410 g/mol. The largest absolute Gasteiger partial charge is 0.444 e. The third kappa shape index (κ3) is 6.97. The summed E-state index contributed by atoms with van der Waals surface area (Å²) < 4.78 is 11.2. The number of hydrogen-bond donors (Lipinski definition) is 2. The van der Waals surface area contributed by atoms with Gasteiger partial charge in [0.05, 0.1) is 18.3 Å². The Morgan fingerprint density at radius 3 is 2.33 bits per heavy atom. The molecule has 0 unspecified atom stereocenters. The third-order valence-electron chi connectivity index (χ3n) is 4.08. The lowest BCUT2D eigenvalue weighted by molar-refractivity contribution is -0.798. The van der Waals surface area contributed by atoms with Crippen LogP contribution in [0.5, 0.6) is 0 Å². The van der Waals surface area contributed by atoms with E-state index in [1.165, 1.54) is 0 Å². The van der Waals surface area contributed by atoms with Gasteiger partial charge in [0.15, 0.2) is 6.54 Å². The van der Waals surface area contributed by atoms with Crippen molar-refractivity contribution in [2.24, 2.45) is 0 Å². The number of carbonyl (C=O) groups is 1. The number of tetrazole rings is 1. The Hall–Kier alpha value is -3.26. The van der Waals surface area contributed by atoms with Gasteiger partial charge in [-0.25, -0.2) is 4.79 Å². The minimum Gasteiger partial charge on any atom is -0.444 e. The van der Waals surface area contributed by atoms with Gasteiger partial charge in [0.25, 0.3) is 0 Å². The maximum atomic E-state index is 12.3. The molecule has 8 heteroatoms. The lowest BCUT2D eigenvalue weighted by Crippen LogP contribution is -2.41. The van der Waals surface area contributed by atoms with Gasteiger partial charge in [0.1, 0.15) is 11.6 Å². The molecule has 1 aromatic heterocycles. The Morgan fingerprint density at radius 1 is 1.07 bits per heavy atom. The number of ether oxygens (including phenoxy) is 2. The van der Waals surface area contributed by atoms with Gasteiger partial charge in [-0.3, -0.25) is 0 Å². The van der Waals surface area contributed by atoms with E-state index in [1.54, 1.807) is 4.80 Å². The summed E-state index contributed by atoms with van der Waals surface area (Å²) in [5, 5.41) is 14.4. The number of carbonyl (C=O) groups excluding carboxylic acids is 1. The van der Waals surface area contributed by atoms with Crippen molar-refractivity contribution in [3.8, 4) is 0 Å². The standard InChI is InChI=1S/C22H27N5O3/c1-22(2,3)30-21(28)23-19(16-29-15-18-12-8-5-9-13-18)20-24-26-27(25-20)14-17-10-6-4-7-11-17/h4-13,19H,14-16H2,1-3H3,(H,23,28)/p+1/t19-/m1/s1. The van der Waals surface area contributed by atoms with Crippen LogP contribution in [0.25, 0.3) is 0 Å². The quantitative estimate of drug-likeness (QED) is 0.557. The minimum absolute atomic E-state index is 0.206. The number of aromatic nitrogens is 4. The van der Waals surface area contributed by atoms with Crippen molar-refractivity contribution in [3.05, 3.63) is 77.6 Å². The summed E-state index contributed by atoms with van der Waals surface area (Å²) in [4.78, 5) is 13.9. The van der Waals surface area contributed by atoms with Crippen molar-refractivity contribution < 1.29 is 19.1 Å². The Balaban J connectivity index is 1.67. The molecule has 0 saturated heterocycles. The number of nitrogens with one attached hydrogen (secondary N) is 2. The molecule has 0 saturated carbocycles. The highest BCUT2D eigenvalue weighted by Gasteiger charge is 2.28. The molecule has 0 fully saturated rings. The predicted octanol–water partition coefficient (Wildman–Crippen LogP) is 2.92. The lowest BCUT2D eigenvalue weighted by Gasteiger charge is -2.21. The van der Waals surface area contributed by atoms with Crippen LogP contribution < -0.4 is 10.1 Å². The molecule has 0 aliphatic heterocycles. The maximum absolute atomic E-state index is 12.3. The summed E-state index contributed by atoms with van der Waals surface area (Å²) in [6.07, 6.45) is -0.546. The Bertz CT molecular complexity index is 923. The number of rotatable bonds is 8. The number of H-pyrrole nitrogens is 1. The first-order valence-corrected chi connectivity index (χ1v) is 9.86. The molecular weight excluding hydrogens is 382 g/mol. The normalized spacial score (nSPS) is 12.4. The van der Waals surface area contributed by atoms with Crippen molar-refractivity contribution in [1.82, 2.24) is 20.7 Å². The van der Waals surface area contributed by atoms with E-state index in [4.69, 9.17) is 9.47 Å². The number of aromatic amines is 1. The van der Waals surface area contributed by atoms with Crippen LogP contribution in [0.3, 0.4) is 0 Å². The highest BCUT2D eigenvalue weighted by Crippen LogP contribution is 2.12. The van der Waals surface area contributed by atoms with E-state index >= 15 is 0 Å². The summed E-state index contributed by atoms with van der Waals surface area (Å²) in [5.41, 5.74) is 1.52. The Labute approximate surface area is 176 Å². The van der Waals surface area contributed by atoms with Crippen LogP contribution in [0.1, 0.15) is 43.8 Å². The molecule has 1 atom stereocenters. The molecule has 2 aromatic carbocycles. The van der Waals surface area contributed by atoms with Gasteiger partial charge < -0.3 is 14.8 Å². The van der Waals surface area contributed by atoms with E-state index in [2.05, 4.69) is 20.7 Å². The summed E-state index contributed by atoms with van der Waals surface area (Å²) >= 11 is 0. The highest BCUT2D eigenvalue weighted by molar-refractivity contribution is 5.68. The summed E-state index contributed by atoms with van der Waals surface area (Å²) in [7, 11) is 0. The van der Waals surface area contributed by atoms with Crippen molar-refractivity contribution in [3.63, 3.8) is 0 Å². The van der Waals surface area contributed by atoms with E-state index in [1.807, 2.05) is 81.4 Å². The molecule has 30 heavy (non-hydrogen) atoms. The van der Waals surface area contributed by atoms with Crippen LogP contribution in [0.2, 0.25) is 0 Å². The molecule has 8 nitrogen and oxygen atoms in total. The van der Waals surface area contributed by atoms with Crippen LogP contribution in [0.15, 0.2) is 60.7 Å². The number of amides is 1. The van der Waals surface area contributed by atoms with Crippen LogP contribution in [0, 0.1) is 0 Å². The second-order valence-electron chi connectivity index (χ2n) is 7.91. The molecule has 0 spiro atoms. The molecule has 158 valence electrons. The predicted molar refractivity (Wildman–Crippen MR) is 110 cm³/mol.